The highest BCUT2D eigenvalue weighted by molar-refractivity contribution is 7.91. The molecule has 0 aliphatic heterocycles. The van der Waals surface area contributed by atoms with Crippen LogP contribution >= 0.6 is 11.6 Å². The first kappa shape index (κ1) is 11.2. The van der Waals surface area contributed by atoms with Crippen LogP contribution in [0.3, 0.4) is 0 Å². The second-order valence-electron chi connectivity index (χ2n) is 3.11. The van der Waals surface area contributed by atoms with Gasteiger partial charge < -0.3 is 4.98 Å². The Labute approximate surface area is 96.8 Å². The number of benzene rings is 1. The van der Waals surface area contributed by atoms with Gasteiger partial charge in [0.1, 0.15) is 4.90 Å². The summed E-state index contributed by atoms with van der Waals surface area (Å²) in [6.45, 7) is 0. The molecule has 3 nitrogen and oxygen atoms in total. The predicted molar refractivity (Wildman–Crippen MR) is 57.7 cm³/mol. The second kappa shape index (κ2) is 3.92. The lowest BCUT2D eigenvalue weighted by Gasteiger charge is -2.02. The van der Waals surface area contributed by atoms with E-state index in [1.807, 2.05) is 0 Å². The van der Waals surface area contributed by atoms with Crippen LogP contribution in [0.25, 0.3) is 0 Å². The standard InChI is InChI=1S/C10H7ClFNO2S/c11-7-1-3-8(4-2-7)16(14,15)9-5-6-13-10(9)12/h1-6,13H. The number of rotatable bonds is 2. The van der Waals surface area contributed by atoms with E-state index in [1.54, 1.807) is 0 Å². The third-order valence-electron chi connectivity index (χ3n) is 2.07. The molecule has 0 saturated heterocycles. The van der Waals surface area contributed by atoms with Crippen molar-refractivity contribution >= 4 is 21.4 Å². The molecule has 2 aromatic rings. The molecule has 1 heterocycles. The lowest BCUT2D eigenvalue weighted by Crippen LogP contribution is -2.02. The van der Waals surface area contributed by atoms with E-state index in [2.05, 4.69) is 4.98 Å². The van der Waals surface area contributed by atoms with E-state index >= 15 is 0 Å². The summed E-state index contributed by atoms with van der Waals surface area (Å²) in [6, 6.07) is 6.74. The molecule has 2 rings (SSSR count). The van der Waals surface area contributed by atoms with Crippen molar-refractivity contribution in [3.05, 3.63) is 47.5 Å². The number of hydrogen-bond acceptors (Lipinski definition) is 2. The maximum absolute atomic E-state index is 13.1. The molecule has 1 aromatic carbocycles. The summed E-state index contributed by atoms with van der Waals surface area (Å²) < 4.78 is 37.0. The highest BCUT2D eigenvalue weighted by atomic mass is 35.5. The zero-order valence-corrected chi connectivity index (χ0v) is 9.52. The summed E-state index contributed by atoms with van der Waals surface area (Å²) in [5.74, 6) is -0.866. The van der Waals surface area contributed by atoms with E-state index in [0.717, 1.165) is 0 Å². The minimum Gasteiger partial charge on any atom is -0.337 e. The average Bonchev–Trinajstić information content (AvgIpc) is 2.66. The summed E-state index contributed by atoms with van der Waals surface area (Å²) in [6.07, 6.45) is 1.23. The Balaban J connectivity index is 2.56. The lowest BCUT2D eigenvalue weighted by molar-refractivity contribution is 0.549. The maximum atomic E-state index is 13.1. The van der Waals surface area contributed by atoms with Crippen molar-refractivity contribution in [2.24, 2.45) is 0 Å². The van der Waals surface area contributed by atoms with Gasteiger partial charge in [0.25, 0.3) is 0 Å². The van der Waals surface area contributed by atoms with Gasteiger partial charge in [0.15, 0.2) is 0 Å². The number of aromatic nitrogens is 1. The second-order valence-corrected chi connectivity index (χ2v) is 5.47. The van der Waals surface area contributed by atoms with Gasteiger partial charge in [-0.25, -0.2) is 8.42 Å². The number of halogens is 2. The molecule has 6 heteroatoms. The first-order chi connectivity index (χ1) is 7.51. The summed E-state index contributed by atoms with van der Waals surface area (Å²) in [5, 5.41) is 0.425. The molecule has 1 N–H and O–H groups in total. The summed E-state index contributed by atoms with van der Waals surface area (Å²) in [7, 11) is -3.81. The fraction of sp³-hybridized carbons (Fsp3) is 0. The molecule has 1 aromatic heterocycles. The van der Waals surface area contributed by atoms with Gasteiger partial charge in [-0.1, -0.05) is 11.6 Å². The topological polar surface area (TPSA) is 49.9 Å². The number of hydrogen-bond donors (Lipinski definition) is 1. The van der Waals surface area contributed by atoms with Gasteiger partial charge in [0.05, 0.1) is 4.90 Å². The van der Waals surface area contributed by atoms with E-state index in [-0.39, 0.29) is 9.79 Å². The van der Waals surface area contributed by atoms with E-state index in [1.165, 1.54) is 36.5 Å². The minimum absolute atomic E-state index is 0.00963. The Morgan fingerprint density at radius 1 is 1.12 bits per heavy atom. The summed E-state index contributed by atoms with van der Waals surface area (Å²) in [5.41, 5.74) is 0. The monoisotopic (exact) mass is 259 g/mol. The van der Waals surface area contributed by atoms with Gasteiger partial charge in [0, 0.05) is 11.2 Å². The molecule has 16 heavy (non-hydrogen) atoms. The van der Waals surface area contributed by atoms with Crippen molar-refractivity contribution < 1.29 is 12.8 Å². The quantitative estimate of drug-likeness (QED) is 0.901. The van der Waals surface area contributed by atoms with E-state index < -0.39 is 15.8 Å². The predicted octanol–water partition coefficient (Wildman–Crippen LogP) is 2.64. The van der Waals surface area contributed by atoms with Gasteiger partial charge in [-0.05, 0) is 30.3 Å². The van der Waals surface area contributed by atoms with Crippen LogP contribution in [0.4, 0.5) is 4.39 Å². The van der Waals surface area contributed by atoms with Crippen molar-refractivity contribution in [1.82, 2.24) is 4.98 Å². The van der Waals surface area contributed by atoms with Gasteiger partial charge in [-0.2, -0.15) is 4.39 Å². The molecule has 0 fully saturated rings. The number of aromatic amines is 1. The van der Waals surface area contributed by atoms with Crippen molar-refractivity contribution in [2.45, 2.75) is 9.79 Å². The molecule has 0 atom stereocenters. The van der Waals surface area contributed by atoms with Crippen molar-refractivity contribution in [3.8, 4) is 0 Å². The molecule has 0 unspecified atom stereocenters. The SMILES string of the molecule is O=S(=O)(c1ccc(Cl)cc1)c1cc[nH]c1F. The molecule has 84 valence electrons. The highest BCUT2D eigenvalue weighted by Gasteiger charge is 2.22. The molecule has 0 aliphatic carbocycles. The molecule has 0 bridgehead atoms. The number of nitrogens with one attached hydrogen (secondary N) is 1. The van der Waals surface area contributed by atoms with Gasteiger partial charge >= 0.3 is 0 Å². The Hall–Kier alpha value is -1.33. The zero-order valence-electron chi connectivity index (χ0n) is 7.94. The normalized spacial score (nSPS) is 11.6. The lowest BCUT2D eigenvalue weighted by atomic mass is 10.4. The van der Waals surface area contributed by atoms with E-state index in [9.17, 15) is 12.8 Å². The van der Waals surface area contributed by atoms with E-state index in [0.29, 0.717) is 5.02 Å². The Morgan fingerprint density at radius 2 is 1.75 bits per heavy atom. The van der Waals surface area contributed by atoms with Crippen LogP contribution in [-0.4, -0.2) is 13.4 Å². The number of H-pyrrole nitrogens is 1. The average molecular weight is 260 g/mol. The molecule has 0 spiro atoms. The van der Waals surface area contributed by atoms with Crippen LogP contribution in [0.2, 0.25) is 5.02 Å². The fourth-order valence-electron chi connectivity index (χ4n) is 1.28. The summed E-state index contributed by atoms with van der Waals surface area (Å²) >= 11 is 5.64. The zero-order chi connectivity index (χ0) is 11.8. The van der Waals surface area contributed by atoms with E-state index in [4.69, 9.17) is 11.6 Å². The molecular formula is C10H7ClFNO2S. The van der Waals surface area contributed by atoms with Gasteiger partial charge in [-0.3, -0.25) is 0 Å². The first-order valence-electron chi connectivity index (χ1n) is 4.35. The highest BCUT2D eigenvalue weighted by Crippen LogP contribution is 2.23. The van der Waals surface area contributed by atoms with Crippen LogP contribution in [0, 0.1) is 5.95 Å². The molecule has 0 aliphatic rings. The van der Waals surface area contributed by atoms with Gasteiger partial charge in [0.2, 0.25) is 15.8 Å². The molecule has 0 radical (unpaired) electrons. The Morgan fingerprint density at radius 3 is 2.25 bits per heavy atom. The molecule has 0 saturated carbocycles. The number of sulfone groups is 1. The Kier molecular flexibility index (Phi) is 2.73. The van der Waals surface area contributed by atoms with Gasteiger partial charge in [-0.15, -0.1) is 0 Å². The smallest absolute Gasteiger partial charge is 0.211 e. The fourth-order valence-corrected chi connectivity index (χ4v) is 2.70. The first-order valence-corrected chi connectivity index (χ1v) is 6.21. The van der Waals surface area contributed by atoms with Crippen LogP contribution < -0.4 is 0 Å². The van der Waals surface area contributed by atoms with Crippen molar-refractivity contribution in [1.29, 1.82) is 0 Å². The third-order valence-corrected chi connectivity index (χ3v) is 4.11. The summed E-state index contributed by atoms with van der Waals surface area (Å²) in [4.78, 5) is 1.83. The third kappa shape index (κ3) is 1.83. The van der Waals surface area contributed by atoms with Crippen molar-refractivity contribution in [3.63, 3.8) is 0 Å². The van der Waals surface area contributed by atoms with Crippen LogP contribution in [0.15, 0.2) is 46.3 Å². The molecular weight excluding hydrogens is 253 g/mol. The maximum Gasteiger partial charge on any atom is 0.211 e. The minimum atomic E-state index is -3.81. The van der Waals surface area contributed by atoms with Crippen molar-refractivity contribution in [2.75, 3.05) is 0 Å². The van der Waals surface area contributed by atoms with Crippen LogP contribution in [-0.2, 0) is 9.84 Å². The molecule has 0 amide bonds. The largest absolute Gasteiger partial charge is 0.337 e. The van der Waals surface area contributed by atoms with Crippen LogP contribution in [0.5, 0.6) is 0 Å². The van der Waals surface area contributed by atoms with Crippen LogP contribution in [0.1, 0.15) is 0 Å². The Bertz CT molecular complexity index is 604.